The van der Waals surface area contributed by atoms with Crippen LogP contribution in [0.4, 0.5) is 5.82 Å². The maximum atomic E-state index is 12.0. The molecule has 3 rings (SSSR count). The van der Waals surface area contributed by atoms with Crippen LogP contribution in [0.15, 0.2) is 18.6 Å². The number of hydrogen-bond acceptors (Lipinski definition) is 5. The quantitative estimate of drug-likeness (QED) is 0.897. The Hall–Kier alpha value is -1.31. The number of pyridine rings is 1. The van der Waals surface area contributed by atoms with Gasteiger partial charge in [-0.2, -0.15) is 0 Å². The van der Waals surface area contributed by atoms with Gasteiger partial charge in [0, 0.05) is 24.7 Å². The molecule has 1 aliphatic rings. The lowest BCUT2D eigenvalue weighted by Crippen LogP contribution is -2.46. The number of hydrogen-bond donors (Lipinski definition) is 1. The molecule has 8 heteroatoms. The lowest BCUT2D eigenvalue weighted by Gasteiger charge is -2.35. The van der Waals surface area contributed by atoms with Crippen molar-refractivity contribution in [2.45, 2.75) is 25.1 Å². The number of nitrogens with zero attached hydrogens (tertiary/aromatic N) is 3. The SMILES string of the molecule is CC1CN(c2c([C@H](C)N)cc(Cl)c3cncn23)CCS1(=O)=O. The highest BCUT2D eigenvalue weighted by atomic mass is 35.5. The fourth-order valence-electron chi connectivity index (χ4n) is 2.87. The van der Waals surface area contributed by atoms with Gasteiger partial charge in [-0.3, -0.25) is 4.40 Å². The largest absolute Gasteiger partial charge is 0.355 e. The predicted molar refractivity (Wildman–Crippen MR) is 88.3 cm³/mol. The van der Waals surface area contributed by atoms with Crippen LogP contribution >= 0.6 is 11.6 Å². The smallest absolute Gasteiger partial charge is 0.156 e. The van der Waals surface area contributed by atoms with Crippen LogP contribution in [0, 0.1) is 0 Å². The Bertz CT molecular complexity index is 816. The molecule has 2 aromatic heterocycles. The molecule has 1 saturated heterocycles. The van der Waals surface area contributed by atoms with Crippen LogP contribution in [0.25, 0.3) is 5.52 Å². The Labute approximate surface area is 134 Å². The van der Waals surface area contributed by atoms with Crippen molar-refractivity contribution in [3.63, 3.8) is 0 Å². The molecule has 1 unspecified atom stereocenters. The van der Waals surface area contributed by atoms with E-state index in [1.54, 1.807) is 19.4 Å². The molecule has 2 N–H and O–H groups in total. The lowest BCUT2D eigenvalue weighted by molar-refractivity contribution is 0.567. The Morgan fingerprint density at radius 2 is 2.23 bits per heavy atom. The van der Waals surface area contributed by atoms with Gasteiger partial charge in [0.15, 0.2) is 9.84 Å². The molecule has 6 nitrogen and oxygen atoms in total. The van der Waals surface area contributed by atoms with Gasteiger partial charge in [0.1, 0.15) is 12.1 Å². The maximum absolute atomic E-state index is 12.0. The van der Waals surface area contributed by atoms with Crippen molar-refractivity contribution in [3.8, 4) is 0 Å². The van der Waals surface area contributed by atoms with Crippen molar-refractivity contribution in [2.24, 2.45) is 5.73 Å². The number of imidazole rings is 1. The van der Waals surface area contributed by atoms with Crippen molar-refractivity contribution in [1.29, 1.82) is 0 Å². The van der Waals surface area contributed by atoms with E-state index in [1.165, 1.54) is 0 Å². The van der Waals surface area contributed by atoms with E-state index in [1.807, 2.05) is 17.4 Å². The molecule has 0 saturated carbocycles. The van der Waals surface area contributed by atoms with Crippen molar-refractivity contribution in [1.82, 2.24) is 9.38 Å². The number of aromatic nitrogens is 2. The molecule has 0 radical (unpaired) electrons. The summed E-state index contributed by atoms with van der Waals surface area (Å²) in [4.78, 5) is 6.22. The summed E-state index contributed by atoms with van der Waals surface area (Å²) in [5.74, 6) is 1.03. The number of nitrogens with two attached hydrogens (primary N) is 1. The fraction of sp³-hybridized carbons (Fsp3) is 0.500. The first kappa shape index (κ1) is 15.6. The molecular formula is C14H19ClN4O2S. The lowest BCUT2D eigenvalue weighted by atomic mass is 10.1. The van der Waals surface area contributed by atoms with Gasteiger partial charge in [0.2, 0.25) is 0 Å². The van der Waals surface area contributed by atoms with Gasteiger partial charge < -0.3 is 10.6 Å². The highest BCUT2D eigenvalue weighted by Crippen LogP contribution is 2.33. The van der Waals surface area contributed by atoms with Gasteiger partial charge in [-0.25, -0.2) is 13.4 Å². The third kappa shape index (κ3) is 2.47. The average Bonchev–Trinajstić information content (AvgIpc) is 2.92. The number of rotatable bonds is 2. The van der Waals surface area contributed by atoms with Crippen molar-refractivity contribution >= 4 is 32.8 Å². The van der Waals surface area contributed by atoms with E-state index < -0.39 is 15.1 Å². The van der Waals surface area contributed by atoms with Crippen molar-refractivity contribution in [3.05, 3.63) is 29.2 Å². The molecule has 0 spiro atoms. The Kier molecular flexibility index (Phi) is 3.82. The molecule has 0 aromatic carbocycles. The minimum atomic E-state index is -3.01. The highest BCUT2D eigenvalue weighted by molar-refractivity contribution is 7.92. The summed E-state index contributed by atoms with van der Waals surface area (Å²) in [5.41, 5.74) is 7.78. The molecule has 0 bridgehead atoms. The number of fused-ring (bicyclic) bond motifs is 1. The zero-order chi connectivity index (χ0) is 16.1. The first-order valence-corrected chi connectivity index (χ1v) is 9.27. The third-order valence-electron chi connectivity index (χ3n) is 4.18. The Morgan fingerprint density at radius 1 is 1.50 bits per heavy atom. The topological polar surface area (TPSA) is 80.7 Å². The molecule has 120 valence electrons. The average molecular weight is 343 g/mol. The molecule has 0 aliphatic carbocycles. The molecule has 2 atom stereocenters. The van der Waals surface area contributed by atoms with E-state index in [9.17, 15) is 8.42 Å². The van der Waals surface area contributed by atoms with Crippen LogP contribution in [0.5, 0.6) is 0 Å². The van der Waals surface area contributed by atoms with Gasteiger partial charge in [-0.05, 0) is 19.9 Å². The molecule has 2 aromatic rings. The first-order valence-electron chi connectivity index (χ1n) is 7.18. The summed E-state index contributed by atoms with van der Waals surface area (Å²) in [6, 6.07) is 1.64. The second kappa shape index (κ2) is 5.40. The van der Waals surface area contributed by atoms with E-state index in [0.717, 1.165) is 16.9 Å². The van der Waals surface area contributed by atoms with Crippen LogP contribution in [0.1, 0.15) is 25.5 Å². The Balaban J connectivity index is 2.15. The summed E-state index contributed by atoms with van der Waals surface area (Å²) in [7, 11) is -3.01. The second-order valence-corrected chi connectivity index (χ2v) is 8.78. The van der Waals surface area contributed by atoms with E-state index in [4.69, 9.17) is 17.3 Å². The van der Waals surface area contributed by atoms with E-state index in [-0.39, 0.29) is 11.8 Å². The fourth-order valence-corrected chi connectivity index (χ4v) is 4.41. The minimum absolute atomic E-state index is 0.144. The number of anilines is 1. The van der Waals surface area contributed by atoms with Gasteiger partial charge in [0.05, 0.1) is 27.7 Å². The van der Waals surface area contributed by atoms with Crippen LogP contribution in [-0.4, -0.2) is 41.9 Å². The molecule has 22 heavy (non-hydrogen) atoms. The molecular weight excluding hydrogens is 324 g/mol. The van der Waals surface area contributed by atoms with Gasteiger partial charge in [0.25, 0.3) is 0 Å². The van der Waals surface area contributed by atoms with Gasteiger partial charge >= 0.3 is 0 Å². The van der Waals surface area contributed by atoms with Crippen LogP contribution in [0.3, 0.4) is 0 Å². The highest BCUT2D eigenvalue weighted by Gasteiger charge is 2.32. The number of halogens is 1. The Morgan fingerprint density at radius 3 is 2.86 bits per heavy atom. The molecule has 1 fully saturated rings. The van der Waals surface area contributed by atoms with Crippen molar-refractivity contribution in [2.75, 3.05) is 23.7 Å². The number of sulfone groups is 1. The molecule has 1 aliphatic heterocycles. The monoisotopic (exact) mass is 342 g/mol. The standard InChI is InChI=1S/C14H19ClN4O2S/c1-9-7-18(3-4-22(9,20)21)14-11(10(2)16)5-12(15)13-6-17-8-19(13)14/h5-6,8-10H,3-4,7,16H2,1-2H3/t9?,10-/m0/s1. The molecule has 0 amide bonds. The van der Waals surface area contributed by atoms with E-state index in [0.29, 0.717) is 18.1 Å². The van der Waals surface area contributed by atoms with Crippen LogP contribution in [0.2, 0.25) is 5.02 Å². The summed E-state index contributed by atoms with van der Waals surface area (Å²) >= 11 is 6.30. The van der Waals surface area contributed by atoms with Crippen LogP contribution in [-0.2, 0) is 9.84 Å². The zero-order valence-corrected chi connectivity index (χ0v) is 14.1. The van der Waals surface area contributed by atoms with E-state index >= 15 is 0 Å². The minimum Gasteiger partial charge on any atom is -0.355 e. The summed E-state index contributed by atoms with van der Waals surface area (Å²) < 4.78 is 25.8. The summed E-state index contributed by atoms with van der Waals surface area (Å²) in [5, 5.41) is 0.183. The summed E-state index contributed by atoms with van der Waals surface area (Å²) in [6.07, 6.45) is 3.39. The maximum Gasteiger partial charge on any atom is 0.156 e. The summed E-state index contributed by atoms with van der Waals surface area (Å²) in [6.45, 7) is 4.52. The van der Waals surface area contributed by atoms with E-state index in [2.05, 4.69) is 9.88 Å². The van der Waals surface area contributed by atoms with Gasteiger partial charge in [-0.1, -0.05) is 11.6 Å². The predicted octanol–water partition coefficient (Wildman–Crippen LogP) is 1.63. The molecule has 3 heterocycles. The zero-order valence-electron chi connectivity index (χ0n) is 12.5. The third-order valence-corrected chi connectivity index (χ3v) is 6.61. The normalized spacial score (nSPS) is 22.9. The van der Waals surface area contributed by atoms with Gasteiger partial charge in [-0.15, -0.1) is 0 Å². The second-order valence-electron chi connectivity index (χ2n) is 5.83. The van der Waals surface area contributed by atoms with Crippen LogP contribution < -0.4 is 10.6 Å². The van der Waals surface area contributed by atoms with Crippen molar-refractivity contribution < 1.29 is 8.42 Å². The first-order chi connectivity index (χ1) is 10.3.